The van der Waals surface area contributed by atoms with Crippen molar-refractivity contribution >= 4 is 43.8 Å². The minimum Gasteiger partial charge on any atom is -0.304 e. The predicted molar refractivity (Wildman–Crippen MR) is 109 cm³/mol. The van der Waals surface area contributed by atoms with Crippen LogP contribution in [0.5, 0.6) is 0 Å². The molecule has 0 radical (unpaired) electrons. The van der Waals surface area contributed by atoms with E-state index in [4.69, 9.17) is 11.6 Å². The van der Waals surface area contributed by atoms with Crippen molar-refractivity contribution in [2.24, 2.45) is 0 Å². The van der Waals surface area contributed by atoms with Crippen LogP contribution in [0.25, 0.3) is 10.8 Å². The van der Waals surface area contributed by atoms with Crippen LogP contribution in [0.2, 0.25) is 5.02 Å². The highest BCUT2D eigenvalue weighted by atomic mass is 35.5. The number of hydrogen-bond donors (Lipinski definition) is 0. The lowest BCUT2D eigenvalue weighted by Crippen LogP contribution is -2.41. The molecule has 3 aromatic carbocycles. The molecule has 3 aromatic rings. The molecule has 0 aliphatic carbocycles. The third-order valence-corrected chi connectivity index (χ3v) is 6.91. The summed E-state index contributed by atoms with van der Waals surface area (Å²) < 4.78 is 24.2. The Morgan fingerprint density at radius 1 is 0.963 bits per heavy atom. The van der Waals surface area contributed by atoms with Gasteiger partial charge in [0.25, 0.3) is 5.91 Å². The third kappa shape index (κ3) is 3.57. The Kier molecular flexibility index (Phi) is 4.66. The molecule has 1 unspecified atom stereocenters. The minimum absolute atomic E-state index is 0.0183. The Hall–Kier alpha value is -2.37. The van der Waals surface area contributed by atoms with Gasteiger partial charge in [-0.3, -0.25) is 4.79 Å². The zero-order valence-electron chi connectivity index (χ0n) is 14.5. The van der Waals surface area contributed by atoms with E-state index in [-0.39, 0.29) is 23.5 Å². The maximum absolute atomic E-state index is 13.4. The summed E-state index contributed by atoms with van der Waals surface area (Å²) in [5.41, 5.74) is 1.21. The number of rotatable bonds is 3. The van der Waals surface area contributed by atoms with Crippen molar-refractivity contribution < 1.29 is 13.2 Å². The van der Waals surface area contributed by atoms with Gasteiger partial charge in [0.2, 0.25) is 0 Å². The van der Waals surface area contributed by atoms with Gasteiger partial charge in [0.15, 0.2) is 9.84 Å². The van der Waals surface area contributed by atoms with E-state index in [9.17, 15) is 13.2 Å². The SMILES string of the molecule is O=C(c1ccc(Cl)cc1)N(c1cccc2ccccc12)C1CCS(=O)(=O)C1. The van der Waals surface area contributed by atoms with Gasteiger partial charge in [-0.05, 0) is 42.1 Å². The number of fused-ring (bicyclic) bond motifs is 1. The molecule has 27 heavy (non-hydrogen) atoms. The standard InChI is InChI=1S/C21H18ClNO3S/c22-17-10-8-16(9-11-17)21(24)23(18-12-13-27(25,26)14-18)20-7-3-5-15-4-1-2-6-19(15)20/h1-11,18H,12-14H2. The van der Waals surface area contributed by atoms with Gasteiger partial charge in [-0.1, -0.05) is 48.0 Å². The lowest BCUT2D eigenvalue weighted by atomic mass is 10.0. The van der Waals surface area contributed by atoms with Crippen LogP contribution >= 0.6 is 11.6 Å². The van der Waals surface area contributed by atoms with E-state index >= 15 is 0 Å². The van der Waals surface area contributed by atoms with Crippen LogP contribution in [0.15, 0.2) is 66.7 Å². The molecule has 0 saturated carbocycles. The smallest absolute Gasteiger partial charge is 0.258 e. The summed E-state index contributed by atoms with van der Waals surface area (Å²) >= 11 is 5.95. The second kappa shape index (κ2) is 6.98. The van der Waals surface area contributed by atoms with E-state index in [0.29, 0.717) is 17.0 Å². The average Bonchev–Trinajstić information content (AvgIpc) is 3.02. The zero-order valence-corrected chi connectivity index (χ0v) is 16.1. The Morgan fingerprint density at radius 3 is 2.37 bits per heavy atom. The van der Waals surface area contributed by atoms with Crippen LogP contribution in [0.4, 0.5) is 5.69 Å². The molecule has 1 fully saturated rings. The number of sulfone groups is 1. The number of halogens is 1. The van der Waals surface area contributed by atoms with Crippen molar-refractivity contribution in [3.8, 4) is 0 Å². The van der Waals surface area contributed by atoms with Crippen molar-refractivity contribution in [3.05, 3.63) is 77.3 Å². The van der Waals surface area contributed by atoms with Crippen LogP contribution in [-0.4, -0.2) is 31.9 Å². The van der Waals surface area contributed by atoms with E-state index < -0.39 is 9.84 Å². The van der Waals surface area contributed by atoms with Crippen molar-refractivity contribution in [3.63, 3.8) is 0 Å². The lowest BCUT2D eigenvalue weighted by molar-refractivity contribution is 0.0979. The minimum atomic E-state index is -3.14. The van der Waals surface area contributed by atoms with E-state index in [0.717, 1.165) is 16.5 Å². The molecule has 0 N–H and O–H groups in total. The fourth-order valence-corrected chi connectivity index (χ4v) is 5.43. The van der Waals surface area contributed by atoms with Crippen molar-refractivity contribution in [1.82, 2.24) is 0 Å². The maximum Gasteiger partial charge on any atom is 0.258 e. The molecule has 0 aromatic heterocycles. The van der Waals surface area contributed by atoms with Gasteiger partial charge in [0.1, 0.15) is 0 Å². The quantitative estimate of drug-likeness (QED) is 0.658. The summed E-state index contributed by atoms with van der Waals surface area (Å²) in [5.74, 6) is -0.132. The summed E-state index contributed by atoms with van der Waals surface area (Å²) in [7, 11) is -3.14. The molecular formula is C21H18ClNO3S. The molecule has 1 amide bonds. The van der Waals surface area contributed by atoms with E-state index in [1.807, 2.05) is 42.5 Å². The lowest BCUT2D eigenvalue weighted by Gasteiger charge is -2.29. The molecule has 4 rings (SSSR count). The molecule has 1 aliphatic rings. The van der Waals surface area contributed by atoms with E-state index in [1.165, 1.54) is 0 Å². The predicted octanol–water partition coefficient (Wildman–Crippen LogP) is 4.33. The van der Waals surface area contributed by atoms with Gasteiger partial charge in [-0.2, -0.15) is 0 Å². The highest BCUT2D eigenvalue weighted by Crippen LogP contribution is 2.32. The summed E-state index contributed by atoms with van der Waals surface area (Å²) in [6.07, 6.45) is 0.435. The number of anilines is 1. The second-order valence-electron chi connectivity index (χ2n) is 6.74. The highest BCUT2D eigenvalue weighted by Gasteiger charge is 2.36. The summed E-state index contributed by atoms with van der Waals surface area (Å²) in [5, 5.41) is 2.48. The summed E-state index contributed by atoms with van der Waals surface area (Å²) in [6.45, 7) is 0. The highest BCUT2D eigenvalue weighted by molar-refractivity contribution is 7.91. The number of carbonyl (C=O) groups excluding carboxylic acids is 1. The average molecular weight is 400 g/mol. The summed E-state index contributed by atoms with van der Waals surface area (Å²) in [6, 6.07) is 19.8. The van der Waals surface area contributed by atoms with Crippen LogP contribution < -0.4 is 4.90 Å². The van der Waals surface area contributed by atoms with Gasteiger partial charge in [0.05, 0.1) is 23.2 Å². The maximum atomic E-state index is 13.4. The Labute approximate surface area is 163 Å². The van der Waals surface area contributed by atoms with E-state index in [1.54, 1.807) is 29.2 Å². The van der Waals surface area contributed by atoms with Gasteiger partial charge in [-0.15, -0.1) is 0 Å². The molecule has 6 heteroatoms. The first kappa shape index (κ1) is 18.0. The topological polar surface area (TPSA) is 54.5 Å². The van der Waals surface area contributed by atoms with Gasteiger partial charge >= 0.3 is 0 Å². The molecule has 1 saturated heterocycles. The molecule has 0 bridgehead atoms. The first-order valence-electron chi connectivity index (χ1n) is 8.72. The first-order chi connectivity index (χ1) is 12.9. The molecule has 138 valence electrons. The number of amides is 1. The number of hydrogen-bond acceptors (Lipinski definition) is 3. The Morgan fingerprint density at radius 2 is 1.67 bits per heavy atom. The van der Waals surface area contributed by atoms with Crippen molar-refractivity contribution in [1.29, 1.82) is 0 Å². The number of benzene rings is 3. The summed E-state index contributed by atoms with van der Waals surface area (Å²) in [4.78, 5) is 15.0. The molecule has 1 atom stereocenters. The van der Waals surface area contributed by atoms with Gasteiger partial charge < -0.3 is 4.90 Å². The largest absolute Gasteiger partial charge is 0.304 e. The second-order valence-corrected chi connectivity index (χ2v) is 9.40. The van der Waals surface area contributed by atoms with Crippen LogP contribution in [0.1, 0.15) is 16.8 Å². The van der Waals surface area contributed by atoms with Crippen molar-refractivity contribution in [2.75, 3.05) is 16.4 Å². The van der Waals surface area contributed by atoms with E-state index in [2.05, 4.69) is 0 Å². The molecule has 0 spiro atoms. The third-order valence-electron chi connectivity index (χ3n) is 4.91. The fourth-order valence-electron chi connectivity index (χ4n) is 3.60. The molecule has 4 nitrogen and oxygen atoms in total. The zero-order chi connectivity index (χ0) is 19.0. The molecule has 1 aliphatic heterocycles. The molecular weight excluding hydrogens is 382 g/mol. The van der Waals surface area contributed by atoms with Crippen LogP contribution in [0, 0.1) is 0 Å². The van der Waals surface area contributed by atoms with Crippen molar-refractivity contribution in [2.45, 2.75) is 12.5 Å². The van der Waals surface area contributed by atoms with Gasteiger partial charge in [-0.25, -0.2) is 8.42 Å². The fraction of sp³-hybridized carbons (Fsp3) is 0.190. The van der Waals surface area contributed by atoms with Gasteiger partial charge in [0, 0.05) is 16.0 Å². The Balaban J connectivity index is 1.85. The van der Waals surface area contributed by atoms with Crippen LogP contribution in [0.3, 0.4) is 0 Å². The number of carbonyl (C=O) groups is 1. The molecule has 1 heterocycles. The number of nitrogens with zero attached hydrogens (tertiary/aromatic N) is 1. The first-order valence-corrected chi connectivity index (χ1v) is 10.9. The Bertz CT molecular complexity index is 1100. The van der Waals surface area contributed by atoms with Crippen LogP contribution in [-0.2, 0) is 9.84 Å². The monoisotopic (exact) mass is 399 g/mol. The normalized spacial score (nSPS) is 18.5.